The highest BCUT2D eigenvalue weighted by Crippen LogP contribution is 2.20. The second-order valence-corrected chi connectivity index (χ2v) is 3.72. The van der Waals surface area contributed by atoms with Crippen LogP contribution in [0.15, 0.2) is 24.5 Å². The van der Waals surface area contributed by atoms with Crippen molar-refractivity contribution in [1.29, 1.82) is 0 Å². The molecule has 2 heterocycles. The number of halogens is 3. The zero-order valence-electron chi connectivity index (χ0n) is 9.44. The minimum absolute atomic E-state index is 0.0764. The first-order valence-corrected chi connectivity index (χ1v) is 5.35. The van der Waals surface area contributed by atoms with Crippen LogP contribution in [0.3, 0.4) is 0 Å². The van der Waals surface area contributed by atoms with Crippen LogP contribution in [0.1, 0.15) is 5.56 Å². The third-order valence-corrected chi connectivity index (χ3v) is 2.53. The lowest BCUT2D eigenvalue weighted by atomic mass is 10.2. The molecule has 2 rings (SSSR count). The van der Waals surface area contributed by atoms with Crippen molar-refractivity contribution in [3.8, 4) is 0 Å². The van der Waals surface area contributed by atoms with Crippen molar-refractivity contribution in [2.24, 2.45) is 5.73 Å². The largest absolute Gasteiger partial charge is 0.522 e. The Labute approximate surface area is 101 Å². The van der Waals surface area contributed by atoms with Crippen molar-refractivity contribution in [2.75, 3.05) is 6.61 Å². The number of nitrogens with zero attached hydrogens (tertiary/aromatic N) is 2. The molecule has 0 fully saturated rings. The van der Waals surface area contributed by atoms with Gasteiger partial charge in [-0.2, -0.15) is 0 Å². The molecule has 0 atom stereocenters. The standard InChI is InChI=1S/C11H12F3N3O/c12-11(13,14)18-5-4-17-7-8(6-15)9-2-1-3-16-10(9)17/h1-3,7H,4-6,15H2. The molecule has 0 unspecified atom stereocenters. The predicted molar refractivity (Wildman–Crippen MR) is 59.6 cm³/mol. The summed E-state index contributed by atoms with van der Waals surface area (Å²) in [6, 6.07) is 3.60. The molecule has 0 aliphatic rings. The molecule has 2 aromatic rings. The Kier molecular flexibility index (Phi) is 3.53. The van der Waals surface area contributed by atoms with Gasteiger partial charge in [-0.15, -0.1) is 13.2 Å². The Morgan fingerprint density at radius 1 is 1.39 bits per heavy atom. The molecule has 0 radical (unpaired) electrons. The normalized spacial score (nSPS) is 12.2. The first-order valence-electron chi connectivity index (χ1n) is 5.35. The van der Waals surface area contributed by atoms with Gasteiger partial charge in [-0.25, -0.2) is 4.98 Å². The Morgan fingerprint density at radius 2 is 2.17 bits per heavy atom. The Morgan fingerprint density at radius 3 is 2.83 bits per heavy atom. The predicted octanol–water partition coefficient (Wildman–Crippen LogP) is 2.03. The van der Waals surface area contributed by atoms with Gasteiger partial charge in [0.1, 0.15) is 5.65 Å². The van der Waals surface area contributed by atoms with Crippen LogP contribution in [0.4, 0.5) is 13.2 Å². The number of nitrogens with two attached hydrogens (primary N) is 1. The van der Waals surface area contributed by atoms with Crippen LogP contribution < -0.4 is 5.73 Å². The number of pyridine rings is 1. The van der Waals surface area contributed by atoms with Crippen LogP contribution in [-0.4, -0.2) is 22.5 Å². The van der Waals surface area contributed by atoms with Crippen molar-refractivity contribution < 1.29 is 17.9 Å². The fraction of sp³-hybridized carbons (Fsp3) is 0.364. The zero-order chi connectivity index (χ0) is 13.2. The molecule has 0 aliphatic heterocycles. The molecular formula is C11H12F3N3O. The van der Waals surface area contributed by atoms with E-state index in [-0.39, 0.29) is 6.54 Å². The maximum atomic E-state index is 11.9. The molecule has 0 bridgehead atoms. The van der Waals surface area contributed by atoms with E-state index in [1.807, 2.05) is 6.07 Å². The SMILES string of the molecule is NCc1cn(CCOC(F)(F)F)c2ncccc12. The fourth-order valence-corrected chi connectivity index (χ4v) is 1.79. The van der Waals surface area contributed by atoms with Gasteiger partial charge in [-0.3, -0.25) is 4.74 Å². The molecule has 18 heavy (non-hydrogen) atoms. The van der Waals surface area contributed by atoms with E-state index in [0.29, 0.717) is 12.2 Å². The van der Waals surface area contributed by atoms with E-state index in [1.165, 1.54) is 0 Å². The van der Waals surface area contributed by atoms with Gasteiger partial charge in [0.2, 0.25) is 0 Å². The zero-order valence-corrected chi connectivity index (χ0v) is 9.44. The number of fused-ring (bicyclic) bond motifs is 1. The highest BCUT2D eigenvalue weighted by atomic mass is 19.4. The second kappa shape index (κ2) is 4.95. The third kappa shape index (κ3) is 2.80. The summed E-state index contributed by atoms with van der Waals surface area (Å²) in [6.45, 7) is -0.0593. The maximum Gasteiger partial charge on any atom is 0.522 e. The van der Waals surface area contributed by atoms with Gasteiger partial charge in [0.15, 0.2) is 0 Å². The molecule has 2 aromatic heterocycles. The Balaban J connectivity index is 2.18. The second-order valence-electron chi connectivity index (χ2n) is 3.72. The first-order chi connectivity index (χ1) is 8.51. The highest BCUT2D eigenvalue weighted by molar-refractivity contribution is 5.80. The molecule has 0 saturated carbocycles. The quantitative estimate of drug-likeness (QED) is 0.914. The number of ether oxygens (including phenoxy) is 1. The van der Waals surface area contributed by atoms with E-state index in [2.05, 4.69) is 9.72 Å². The lowest BCUT2D eigenvalue weighted by molar-refractivity contribution is -0.325. The number of rotatable bonds is 4. The number of hydrogen-bond donors (Lipinski definition) is 1. The summed E-state index contributed by atoms with van der Waals surface area (Å²) < 4.78 is 41.0. The average Bonchev–Trinajstić information content (AvgIpc) is 2.66. The van der Waals surface area contributed by atoms with Crippen LogP contribution in [0, 0.1) is 0 Å². The van der Waals surface area contributed by atoms with Gasteiger partial charge in [0.05, 0.1) is 6.61 Å². The highest BCUT2D eigenvalue weighted by Gasteiger charge is 2.28. The van der Waals surface area contributed by atoms with Crippen molar-refractivity contribution in [3.05, 3.63) is 30.1 Å². The minimum atomic E-state index is -4.60. The van der Waals surface area contributed by atoms with Crippen LogP contribution in [-0.2, 0) is 17.8 Å². The molecule has 0 saturated heterocycles. The summed E-state index contributed by atoms with van der Waals surface area (Å²) >= 11 is 0. The summed E-state index contributed by atoms with van der Waals surface area (Å²) in [5.74, 6) is 0. The molecule has 0 amide bonds. The number of alkyl halides is 3. The molecule has 7 heteroatoms. The van der Waals surface area contributed by atoms with Gasteiger partial charge in [-0.1, -0.05) is 0 Å². The van der Waals surface area contributed by atoms with E-state index in [0.717, 1.165) is 10.9 Å². The van der Waals surface area contributed by atoms with Crippen LogP contribution in [0.25, 0.3) is 11.0 Å². The van der Waals surface area contributed by atoms with Crippen molar-refractivity contribution in [1.82, 2.24) is 9.55 Å². The van der Waals surface area contributed by atoms with Gasteiger partial charge in [-0.05, 0) is 17.7 Å². The van der Waals surface area contributed by atoms with E-state index in [9.17, 15) is 13.2 Å². The fourth-order valence-electron chi connectivity index (χ4n) is 1.79. The topological polar surface area (TPSA) is 53.1 Å². The molecule has 0 aliphatic carbocycles. The lowest BCUT2D eigenvalue weighted by Gasteiger charge is -2.08. The molecule has 0 aromatic carbocycles. The summed E-state index contributed by atoms with van der Waals surface area (Å²) in [6.07, 6.45) is -1.31. The number of aromatic nitrogens is 2. The van der Waals surface area contributed by atoms with E-state index < -0.39 is 13.0 Å². The van der Waals surface area contributed by atoms with Gasteiger partial charge >= 0.3 is 6.36 Å². The van der Waals surface area contributed by atoms with E-state index >= 15 is 0 Å². The Bertz CT molecular complexity index is 536. The molecule has 2 N–H and O–H groups in total. The lowest BCUT2D eigenvalue weighted by Crippen LogP contribution is -2.17. The van der Waals surface area contributed by atoms with Crippen molar-refractivity contribution in [2.45, 2.75) is 19.5 Å². The van der Waals surface area contributed by atoms with Gasteiger partial charge in [0, 0.05) is 30.9 Å². The van der Waals surface area contributed by atoms with Gasteiger partial charge in [0.25, 0.3) is 0 Å². The van der Waals surface area contributed by atoms with Crippen molar-refractivity contribution >= 4 is 11.0 Å². The van der Waals surface area contributed by atoms with Crippen LogP contribution >= 0.6 is 0 Å². The Hall–Kier alpha value is -1.60. The average molecular weight is 259 g/mol. The summed E-state index contributed by atoms with van der Waals surface area (Å²) in [4.78, 5) is 4.14. The summed E-state index contributed by atoms with van der Waals surface area (Å²) in [5, 5.41) is 0.854. The monoisotopic (exact) mass is 259 g/mol. The van der Waals surface area contributed by atoms with E-state index in [1.54, 1.807) is 23.0 Å². The molecule has 4 nitrogen and oxygen atoms in total. The smallest absolute Gasteiger partial charge is 0.330 e. The minimum Gasteiger partial charge on any atom is -0.330 e. The van der Waals surface area contributed by atoms with E-state index in [4.69, 9.17) is 5.73 Å². The maximum absolute atomic E-state index is 11.9. The number of hydrogen-bond acceptors (Lipinski definition) is 3. The van der Waals surface area contributed by atoms with Crippen molar-refractivity contribution in [3.63, 3.8) is 0 Å². The summed E-state index contributed by atoms with van der Waals surface area (Å²) in [5.41, 5.74) is 7.04. The molecule has 0 spiro atoms. The first kappa shape index (κ1) is 12.8. The summed E-state index contributed by atoms with van der Waals surface area (Å²) in [7, 11) is 0. The third-order valence-electron chi connectivity index (χ3n) is 2.53. The van der Waals surface area contributed by atoms with Crippen LogP contribution in [0.5, 0.6) is 0 Å². The molecule has 98 valence electrons. The van der Waals surface area contributed by atoms with Gasteiger partial charge < -0.3 is 10.3 Å². The van der Waals surface area contributed by atoms with Crippen LogP contribution in [0.2, 0.25) is 0 Å². The molecular weight excluding hydrogens is 247 g/mol.